The molecule has 74 valence electrons. The second-order valence-corrected chi connectivity index (χ2v) is 4.40. The van der Waals surface area contributed by atoms with Crippen LogP contribution in [0.15, 0.2) is 22.7 Å². The maximum absolute atomic E-state index is 13.1. The number of aliphatic carboxylic acids is 1. The highest BCUT2D eigenvalue weighted by molar-refractivity contribution is 14.1. The van der Waals surface area contributed by atoms with Crippen molar-refractivity contribution in [2.75, 3.05) is 0 Å². The first kappa shape index (κ1) is 11.6. The maximum Gasteiger partial charge on any atom is 0.328 e. The van der Waals surface area contributed by atoms with E-state index < -0.39 is 5.97 Å². The lowest BCUT2D eigenvalue weighted by Gasteiger charge is -2.00. The normalized spacial score (nSPS) is 10.8. The predicted octanol–water partition coefficient (Wildman–Crippen LogP) is 3.29. The standard InChI is InChI=1S/C9H5BrFIO2/c10-6-3-5(1-2-8(13)14)4-7(11)9(6)12/h1-4H,(H,13,14)/b2-1+. The fourth-order valence-electron chi connectivity index (χ4n) is 0.839. The zero-order valence-corrected chi connectivity index (χ0v) is 10.5. The van der Waals surface area contributed by atoms with E-state index in [2.05, 4.69) is 15.9 Å². The quantitative estimate of drug-likeness (QED) is 0.492. The minimum atomic E-state index is -1.06. The molecule has 1 aromatic rings. The Kier molecular flexibility index (Phi) is 4.06. The van der Waals surface area contributed by atoms with Gasteiger partial charge in [0.1, 0.15) is 5.82 Å². The van der Waals surface area contributed by atoms with Crippen molar-refractivity contribution in [1.82, 2.24) is 0 Å². The molecule has 0 fully saturated rings. The van der Waals surface area contributed by atoms with Crippen LogP contribution in [0.3, 0.4) is 0 Å². The first-order chi connectivity index (χ1) is 6.50. The van der Waals surface area contributed by atoms with E-state index in [-0.39, 0.29) is 5.82 Å². The monoisotopic (exact) mass is 370 g/mol. The van der Waals surface area contributed by atoms with Crippen molar-refractivity contribution in [3.63, 3.8) is 0 Å². The molecule has 0 radical (unpaired) electrons. The summed E-state index contributed by atoms with van der Waals surface area (Å²) in [6, 6.07) is 2.94. The summed E-state index contributed by atoms with van der Waals surface area (Å²) in [5.41, 5.74) is 0.511. The van der Waals surface area contributed by atoms with E-state index in [4.69, 9.17) is 5.11 Å². The van der Waals surface area contributed by atoms with E-state index in [1.807, 2.05) is 22.6 Å². The van der Waals surface area contributed by atoms with Crippen LogP contribution in [0.1, 0.15) is 5.56 Å². The molecule has 0 atom stereocenters. The highest BCUT2D eigenvalue weighted by atomic mass is 127. The maximum atomic E-state index is 13.1. The number of hydrogen-bond donors (Lipinski definition) is 1. The Labute approximate surface area is 102 Å². The summed E-state index contributed by atoms with van der Waals surface area (Å²) in [6.07, 6.45) is 2.31. The second kappa shape index (κ2) is 4.88. The van der Waals surface area contributed by atoms with E-state index in [0.717, 1.165) is 6.08 Å². The molecule has 14 heavy (non-hydrogen) atoms. The van der Waals surface area contributed by atoms with Crippen LogP contribution >= 0.6 is 38.5 Å². The summed E-state index contributed by atoms with van der Waals surface area (Å²) >= 11 is 5.04. The van der Waals surface area contributed by atoms with Crippen molar-refractivity contribution >= 4 is 50.6 Å². The van der Waals surface area contributed by atoms with Gasteiger partial charge < -0.3 is 5.11 Å². The summed E-state index contributed by atoms with van der Waals surface area (Å²) < 4.78 is 14.2. The van der Waals surface area contributed by atoms with E-state index in [9.17, 15) is 9.18 Å². The smallest absolute Gasteiger partial charge is 0.328 e. The van der Waals surface area contributed by atoms with Gasteiger partial charge in [0.2, 0.25) is 0 Å². The molecule has 0 amide bonds. The number of carboxylic acid groups (broad SMARTS) is 1. The number of benzene rings is 1. The molecule has 0 saturated carbocycles. The molecule has 5 heteroatoms. The Morgan fingerprint density at radius 1 is 1.57 bits per heavy atom. The predicted molar refractivity (Wildman–Crippen MR) is 63.5 cm³/mol. The van der Waals surface area contributed by atoms with E-state index in [0.29, 0.717) is 13.6 Å². The third-order valence-electron chi connectivity index (χ3n) is 1.42. The van der Waals surface area contributed by atoms with Crippen molar-refractivity contribution < 1.29 is 14.3 Å². The molecule has 0 unspecified atom stereocenters. The molecule has 1 aromatic carbocycles. The molecule has 2 nitrogen and oxygen atoms in total. The van der Waals surface area contributed by atoms with Crippen LogP contribution in [0.5, 0.6) is 0 Å². The molecule has 0 spiro atoms. The molecule has 1 N–H and O–H groups in total. The van der Waals surface area contributed by atoms with Crippen LogP contribution in [0.25, 0.3) is 6.08 Å². The average molecular weight is 371 g/mol. The van der Waals surface area contributed by atoms with Crippen LogP contribution in [-0.2, 0) is 4.79 Å². The number of hydrogen-bond acceptors (Lipinski definition) is 1. The molecule has 0 heterocycles. The summed E-state index contributed by atoms with van der Waals surface area (Å²) in [4.78, 5) is 10.2. The minimum Gasteiger partial charge on any atom is -0.478 e. The van der Waals surface area contributed by atoms with Gasteiger partial charge in [-0.15, -0.1) is 0 Å². The van der Waals surface area contributed by atoms with Crippen molar-refractivity contribution in [1.29, 1.82) is 0 Å². The molecule has 0 aliphatic rings. The van der Waals surface area contributed by atoms with Gasteiger partial charge in [0.05, 0.1) is 3.57 Å². The summed E-state index contributed by atoms with van der Waals surface area (Å²) in [5, 5.41) is 8.37. The number of halogens is 3. The van der Waals surface area contributed by atoms with Crippen molar-refractivity contribution in [3.8, 4) is 0 Å². The van der Waals surface area contributed by atoms with Crippen LogP contribution < -0.4 is 0 Å². The topological polar surface area (TPSA) is 37.3 Å². The molecular formula is C9H5BrFIO2. The van der Waals surface area contributed by atoms with Gasteiger partial charge >= 0.3 is 5.97 Å². The first-order valence-electron chi connectivity index (χ1n) is 3.56. The Morgan fingerprint density at radius 2 is 2.21 bits per heavy atom. The van der Waals surface area contributed by atoms with Gasteiger partial charge in [-0.3, -0.25) is 0 Å². The molecular weight excluding hydrogens is 366 g/mol. The van der Waals surface area contributed by atoms with Crippen LogP contribution in [0, 0.1) is 9.39 Å². The largest absolute Gasteiger partial charge is 0.478 e. The highest BCUT2D eigenvalue weighted by Crippen LogP contribution is 2.24. The number of carbonyl (C=O) groups is 1. The van der Waals surface area contributed by atoms with Gasteiger partial charge in [-0.2, -0.15) is 0 Å². The molecule has 0 aliphatic heterocycles. The molecule has 0 aromatic heterocycles. The number of carboxylic acids is 1. The van der Waals surface area contributed by atoms with E-state index in [1.54, 1.807) is 6.07 Å². The zero-order chi connectivity index (χ0) is 10.7. The van der Waals surface area contributed by atoms with Crippen molar-refractivity contribution in [2.45, 2.75) is 0 Å². The second-order valence-electron chi connectivity index (χ2n) is 2.47. The van der Waals surface area contributed by atoms with Crippen LogP contribution in [-0.4, -0.2) is 11.1 Å². The Bertz CT molecular complexity index is 381. The molecule has 0 saturated heterocycles. The van der Waals surface area contributed by atoms with Gasteiger partial charge in [-0.25, -0.2) is 9.18 Å². The summed E-state index contributed by atoms with van der Waals surface area (Å²) in [6.45, 7) is 0. The third-order valence-corrected chi connectivity index (χ3v) is 3.89. The fourth-order valence-corrected chi connectivity index (χ4v) is 1.60. The third kappa shape index (κ3) is 3.06. The average Bonchev–Trinajstić information content (AvgIpc) is 2.10. The summed E-state index contributed by atoms with van der Waals surface area (Å²) in [5.74, 6) is -1.43. The van der Waals surface area contributed by atoms with Gasteiger partial charge in [0.15, 0.2) is 0 Å². The molecule has 1 rings (SSSR count). The highest BCUT2D eigenvalue weighted by Gasteiger charge is 2.04. The minimum absolute atomic E-state index is 0.370. The lowest BCUT2D eigenvalue weighted by Crippen LogP contribution is -1.88. The Balaban J connectivity index is 3.07. The SMILES string of the molecule is O=C(O)/C=C/c1cc(F)c(I)c(Br)c1. The van der Waals surface area contributed by atoms with Gasteiger partial charge in [0.25, 0.3) is 0 Å². The summed E-state index contributed by atoms with van der Waals surface area (Å²) in [7, 11) is 0. The Morgan fingerprint density at radius 3 is 2.71 bits per heavy atom. The van der Waals surface area contributed by atoms with Crippen molar-refractivity contribution in [2.24, 2.45) is 0 Å². The van der Waals surface area contributed by atoms with E-state index in [1.165, 1.54) is 12.1 Å². The fraction of sp³-hybridized carbons (Fsp3) is 0. The first-order valence-corrected chi connectivity index (χ1v) is 5.43. The van der Waals surface area contributed by atoms with Gasteiger partial charge in [-0.1, -0.05) is 0 Å². The van der Waals surface area contributed by atoms with Gasteiger partial charge in [-0.05, 0) is 62.3 Å². The lowest BCUT2D eigenvalue weighted by molar-refractivity contribution is -0.131. The van der Waals surface area contributed by atoms with Gasteiger partial charge in [0, 0.05) is 10.5 Å². The Hall–Kier alpha value is -0.430. The lowest BCUT2D eigenvalue weighted by atomic mass is 10.2. The molecule has 0 bridgehead atoms. The zero-order valence-electron chi connectivity index (χ0n) is 6.80. The van der Waals surface area contributed by atoms with Crippen LogP contribution in [0.4, 0.5) is 4.39 Å². The van der Waals surface area contributed by atoms with Crippen molar-refractivity contribution in [3.05, 3.63) is 37.6 Å². The van der Waals surface area contributed by atoms with E-state index >= 15 is 0 Å². The molecule has 0 aliphatic carbocycles. The van der Waals surface area contributed by atoms with Crippen LogP contribution in [0.2, 0.25) is 0 Å². The number of rotatable bonds is 2.